The van der Waals surface area contributed by atoms with E-state index in [0.717, 1.165) is 21.5 Å². The van der Waals surface area contributed by atoms with E-state index < -0.39 is 36.4 Å². The third-order valence-corrected chi connectivity index (χ3v) is 6.27. The van der Waals surface area contributed by atoms with Crippen molar-refractivity contribution in [1.82, 2.24) is 5.48 Å². The molecule has 1 fully saturated rings. The number of hydrogen-bond acceptors (Lipinski definition) is 7. The fraction of sp³-hybridized carbons (Fsp3) is 0.214. The highest BCUT2D eigenvalue weighted by Gasteiger charge is 2.48. The van der Waals surface area contributed by atoms with Gasteiger partial charge in [-0.2, -0.15) is 0 Å². The van der Waals surface area contributed by atoms with Crippen molar-refractivity contribution in [2.45, 2.75) is 24.5 Å². The average molecular weight is 489 g/mol. The second-order valence-corrected chi connectivity index (χ2v) is 8.61. The van der Waals surface area contributed by atoms with E-state index in [1.54, 1.807) is 30.3 Å². The number of ether oxygens (including phenoxy) is 3. The van der Waals surface area contributed by atoms with Gasteiger partial charge in [-0.05, 0) is 45.8 Å². The molecule has 36 heavy (non-hydrogen) atoms. The zero-order valence-electron chi connectivity index (χ0n) is 19.2. The van der Waals surface area contributed by atoms with Gasteiger partial charge in [-0.15, -0.1) is 0 Å². The lowest BCUT2D eigenvalue weighted by molar-refractivity contribution is -0.0464. The van der Waals surface area contributed by atoms with Gasteiger partial charge in [0.05, 0.1) is 17.7 Å². The Balaban J connectivity index is 1.30. The van der Waals surface area contributed by atoms with Crippen molar-refractivity contribution in [2.75, 3.05) is 13.2 Å². The Kier molecular flexibility index (Phi) is 6.90. The molecule has 1 aliphatic rings. The van der Waals surface area contributed by atoms with E-state index in [1.807, 2.05) is 60.1 Å². The number of halogens is 1. The zero-order valence-corrected chi connectivity index (χ0v) is 19.2. The number of esters is 2. The van der Waals surface area contributed by atoms with Gasteiger partial charge >= 0.3 is 11.9 Å². The number of carbonyl (C=O) groups excluding carboxylic acids is 2. The van der Waals surface area contributed by atoms with Gasteiger partial charge in [0.2, 0.25) is 0 Å². The standard InChI is InChI=1S/C28H24FNO6/c29-25-23(15-30-33)35-24(16-34-27(31)21-11-9-17-5-1-3-7-19(17)13-21)26(25)36-28(32)22-12-10-18-6-2-4-8-20(18)14-22/h1-14,23-26,30,33H,15-16H2/t23?,24-,25-,26-/m1/s1. The lowest BCUT2D eigenvalue weighted by atomic mass is 10.1. The van der Waals surface area contributed by atoms with Gasteiger partial charge in [0.1, 0.15) is 18.8 Å². The summed E-state index contributed by atoms with van der Waals surface area (Å²) < 4.78 is 31.7. The van der Waals surface area contributed by atoms with Crippen LogP contribution in [0.25, 0.3) is 21.5 Å². The average Bonchev–Trinajstić information content (AvgIpc) is 3.20. The van der Waals surface area contributed by atoms with E-state index in [1.165, 1.54) is 0 Å². The van der Waals surface area contributed by atoms with Crippen LogP contribution in [0.4, 0.5) is 4.39 Å². The van der Waals surface area contributed by atoms with Crippen LogP contribution in [-0.2, 0) is 14.2 Å². The molecule has 1 saturated heterocycles. The lowest BCUT2D eigenvalue weighted by Crippen LogP contribution is -2.38. The van der Waals surface area contributed by atoms with Crippen LogP contribution in [0.15, 0.2) is 84.9 Å². The van der Waals surface area contributed by atoms with Crippen LogP contribution < -0.4 is 5.48 Å². The Morgan fingerprint density at radius 3 is 1.94 bits per heavy atom. The van der Waals surface area contributed by atoms with Gasteiger partial charge < -0.3 is 19.4 Å². The molecule has 0 bridgehead atoms. The van der Waals surface area contributed by atoms with E-state index in [0.29, 0.717) is 5.56 Å². The minimum absolute atomic E-state index is 0.222. The monoisotopic (exact) mass is 489 g/mol. The van der Waals surface area contributed by atoms with Gasteiger partial charge in [0.15, 0.2) is 12.3 Å². The molecule has 7 nitrogen and oxygen atoms in total. The first-order valence-corrected chi connectivity index (χ1v) is 11.6. The minimum atomic E-state index is -1.74. The number of fused-ring (bicyclic) bond motifs is 2. The van der Waals surface area contributed by atoms with Crippen molar-refractivity contribution >= 4 is 33.5 Å². The molecule has 1 aliphatic heterocycles. The SMILES string of the molecule is O=C(OC[C@H]1OC(CNO)[C@@H](F)[C@@H]1OC(=O)c1ccc2ccccc2c1)c1ccc2ccccc2c1. The molecule has 184 valence electrons. The molecule has 2 N–H and O–H groups in total. The first-order chi connectivity index (χ1) is 17.5. The Morgan fingerprint density at radius 1 is 0.806 bits per heavy atom. The summed E-state index contributed by atoms with van der Waals surface area (Å²) in [5, 5.41) is 12.7. The fourth-order valence-electron chi connectivity index (χ4n) is 4.38. The molecule has 1 unspecified atom stereocenters. The summed E-state index contributed by atoms with van der Waals surface area (Å²) in [5.41, 5.74) is 2.48. The number of nitrogens with one attached hydrogen (secondary N) is 1. The predicted octanol–water partition coefficient (Wildman–Crippen LogP) is 4.46. The summed E-state index contributed by atoms with van der Waals surface area (Å²) >= 11 is 0. The van der Waals surface area contributed by atoms with Crippen LogP contribution in [0.3, 0.4) is 0 Å². The molecule has 8 heteroatoms. The van der Waals surface area contributed by atoms with E-state index in [9.17, 15) is 9.59 Å². The Bertz CT molecular complexity index is 1410. The van der Waals surface area contributed by atoms with Crippen LogP contribution in [0, 0.1) is 0 Å². The van der Waals surface area contributed by atoms with Crippen LogP contribution in [-0.4, -0.2) is 54.8 Å². The van der Waals surface area contributed by atoms with Crippen LogP contribution in [0.5, 0.6) is 0 Å². The molecular formula is C28H24FNO6. The molecule has 4 aromatic carbocycles. The molecule has 0 amide bonds. The Labute approximate surface area is 206 Å². The summed E-state index contributed by atoms with van der Waals surface area (Å²) in [6.45, 7) is -0.552. The van der Waals surface area contributed by atoms with Crippen LogP contribution >= 0.6 is 0 Å². The fourth-order valence-corrected chi connectivity index (χ4v) is 4.38. The van der Waals surface area contributed by atoms with Gasteiger partial charge in [-0.1, -0.05) is 60.7 Å². The van der Waals surface area contributed by atoms with Gasteiger partial charge in [0, 0.05) is 0 Å². The molecule has 4 atom stereocenters. The first-order valence-electron chi connectivity index (χ1n) is 11.6. The maximum atomic E-state index is 15.1. The number of alkyl halides is 1. The number of carbonyl (C=O) groups is 2. The van der Waals surface area contributed by atoms with Gasteiger partial charge in [-0.3, -0.25) is 0 Å². The maximum absolute atomic E-state index is 15.1. The second-order valence-electron chi connectivity index (χ2n) is 8.61. The molecule has 0 saturated carbocycles. The minimum Gasteiger partial charge on any atom is -0.459 e. The molecule has 1 heterocycles. The topological polar surface area (TPSA) is 94.1 Å². The highest BCUT2D eigenvalue weighted by Crippen LogP contribution is 2.29. The third kappa shape index (κ3) is 4.92. The maximum Gasteiger partial charge on any atom is 0.338 e. The summed E-state index contributed by atoms with van der Waals surface area (Å²) in [6, 6.07) is 25.3. The highest BCUT2D eigenvalue weighted by atomic mass is 19.1. The Hall–Kier alpha value is -3.85. The van der Waals surface area contributed by atoms with Crippen molar-refractivity contribution in [2.24, 2.45) is 0 Å². The van der Waals surface area contributed by atoms with E-state index in [2.05, 4.69) is 0 Å². The normalized spacial score (nSPS) is 21.5. The number of benzene rings is 4. The Morgan fingerprint density at radius 2 is 1.36 bits per heavy atom. The van der Waals surface area contributed by atoms with E-state index in [4.69, 9.17) is 19.4 Å². The van der Waals surface area contributed by atoms with Gasteiger partial charge in [-0.25, -0.2) is 19.5 Å². The number of hydroxylamine groups is 1. The second kappa shape index (κ2) is 10.4. The van der Waals surface area contributed by atoms with Crippen LogP contribution in [0.2, 0.25) is 0 Å². The number of rotatable bonds is 7. The molecular weight excluding hydrogens is 465 g/mol. The van der Waals surface area contributed by atoms with Crippen molar-refractivity contribution in [3.63, 3.8) is 0 Å². The summed E-state index contributed by atoms with van der Waals surface area (Å²) in [4.78, 5) is 25.5. The highest BCUT2D eigenvalue weighted by molar-refractivity contribution is 5.96. The van der Waals surface area contributed by atoms with E-state index >= 15 is 4.39 Å². The predicted molar refractivity (Wildman–Crippen MR) is 131 cm³/mol. The molecule has 0 spiro atoms. The van der Waals surface area contributed by atoms with Crippen molar-refractivity contribution < 1.29 is 33.4 Å². The van der Waals surface area contributed by atoms with E-state index in [-0.39, 0.29) is 18.7 Å². The summed E-state index contributed by atoms with van der Waals surface area (Å²) in [5.74, 6) is -1.33. The largest absolute Gasteiger partial charge is 0.459 e. The van der Waals surface area contributed by atoms with Crippen molar-refractivity contribution in [3.05, 3.63) is 96.1 Å². The lowest BCUT2D eigenvalue weighted by Gasteiger charge is -2.20. The van der Waals surface area contributed by atoms with Crippen molar-refractivity contribution in [1.29, 1.82) is 0 Å². The smallest absolute Gasteiger partial charge is 0.338 e. The zero-order chi connectivity index (χ0) is 25.1. The molecule has 0 aromatic heterocycles. The molecule has 5 rings (SSSR count). The number of hydrogen-bond donors (Lipinski definition) is 2. The summed E-state index contributed by atoms with van der Waals surface area (Å²) in [7, 11) is 0. The quantitative estimate of drug-likeness (QED) is 0.292. The van der Waals surface area contributed by atoms with Crippen LogP contribution in [0.1, 0.15) is 20.7 Å². The van der Waals surface area contributed by atoms with Gasteiger partial charge in [0.25, 0.3) is 0 Å². The van der Waals surface area contributed by atoms with Crippen molar-refractivity contribution in [3.8, 4) is 0 Å². The third-order valence-electron chi connectivity index (χ3n) is 6.27. The molecule has 4 aromatic rings. The first kappa shape index (κ1) is 23.9. The molecule has 0 radical (unpaired) electrons. The summed E-state index contributed by atoms with van der Waals surface area (Å²) in [6.07, 6.45) is -5.20. The molecule has 0 aliphatic carbocycles.